The average molecular weight is 356 g/mol. The zero-order valence-corrected chi connectivity index (χ0v) is 14.7. The molecule has 1 aromatic carbocycles. The van der Waals surface area contributed by atoms with E-state index in [4.69, 9.17) is 4.74 Å². The molecule has 0 saturated carbocycles. The van der Waals surface area contributed by atoms with Crippen LogP contribution in [0.25, 0.3) is 0 Å². The molecule has 132 valence electrons. The molecule has 0 spiro atoms. The van der Waals surface area contributed by atoms with Gasteiger partial charge < -0.3 is 4.74 Å². The summed E-state index contributed by atoms with van der Waals surface area (Å²) in [4.78, 5) is 4.07. The third-order valence-electron chi connectivity index (χ3n) is 3.56. The number of benzene rings is 1. The number of guanidine groups is 1. The second-order valence-electron chi connectivity index (χ2n) is 5.21. The highest BCUT2D eigenvalue weighted by atomic mass is 32.2. The molecule has 0 radical (unpaired) electrons. The minimum absolute atomic E-state index is 0.111. The van der Waals surface area contributed by atoms with Gasteiger partial charge in [-0.25, -0.2) is 22.5 Å². The maximum Gasteiger partial charge on any atom is 0.264 e. The van der Waals surface area contributed by atoms with Crippen LogP contribution in [0.3, 0.4) is 0 Å². The second kappa shape index (κ2) is 7.61. The number of halogens is 1. The largest absolute Gasteiger partial charge is 0.494 e. The molecule has 0 fully saturated rings. The summed E-state index contributed by atoms with van der Waals surface area (Å²) in [5.41, 5.74) is 0. The lowest BCUT2D eigenvalue weighted by Gasteiger charge is -2.19. The molecule has 0 bridgehead atoms. The molecule has 1 N–H and O–H groups in total. The summed E-state index contributed by atoms with van der Waals surface area (Å²) in [5.74, 6) is -0.374. The Balaban J connectivity index is 2.25. The molecule has 0 aromatic heterocycles. The van der Waals surface area contributed by atoms with Crippen LogP contribution in [0.1, 0.15) is 20.3 Å². The fourth-order valence-corrected chi connectivity index (χ4v) is 3.21. The average Bonchev–Trinajstić information content (AvgIpc) is 3.03. The van der Waals surface area contributed by atoms with Crippen LogP contribution in [0.15, 0.2) is 33.2 Å². The second-order valence-corrected chi connectivity index (χ2v) is 6.90. The Hall–Kier alpha value is -2.16. The van der Waals surface area contributed by atoms with Crippen molar-refractivity contribution < 1.29 is 17.5 Å². The quantitative estimate of drug-likeness (QED) is 0.644. The first-order valence-electron chi connectivity index (χ1n) is 7.63. The Labute approximate surface area is 141 Å². The van der Waals surface area contributed by atoms with Crippen molar-refractivity contribution in [1.82, 2.24) is 9.73 Å². The molecule has 0 amide bonds. The summed E-state index contributed by atoms with van der Waals surface area (Å²) >= 11 is 0. The summed E-state index contributed by atoms with van der Waals surface area (Å²) in [6.45, 7) is 4.79. The Morgan fingerprint density at radius 1 is 1.50 bits per heavy atom. The van der Waals surface area contributed by atoms with Crippen molar-refractivity contribution in [2.75, 3.05) is 20.2 Å². The molecule has 1 aliphatic rings. The van der Waals surface area contributed by atoms with E-state index in [2.05, 4.69) is 14.8 Å². The molecule has 7 nitrogen and oxygen atoms in total. The number of hydrogen-bond acceptors (Lipinski definition) is 5. The number of methoxy groups -OCH3 is 1. The Morgan fingerprint density at radius 2 is 2.25 bits per heavy atom. The monoisotopic (exact) mass is 356 g/mol. The van der Waals surface area contributed by atoms with Gasteiger partial charge in [0, 0.05) is 24.7 Å². The molecule has 0 aliphatic carbocycles. The number of nitrogens with one attached hydrogen (secondary N) is 1. The van der Waals surface area contributed by atoms with Crippen molar-refractivity contribution in [3.8, 4) is 5.75 Å². The van der Waals surface area contributed by atoms with Crippen LogP contribution in [-0.2, 0) is 10.0 Å². The highest BCUT2D eigenvalue weighted by Crippen LogP contribution is 2.21. The molecule has 1 unspecified atom stereocenters. The highest BCUT2D eigenvalue weighted by molar-refractivity contribution is 7.90. The van der Waals surface area contributed by atoms with Gasteiger partial charge in [-0.1, -0.05) is 6.92 Å². The van der Waals surface area contributed by atoms with E-state index in [1.54, 1.807) is 13.1 Å². The van der Waals surface area contributed by atoms with E-state index in [-0.39, 0.29) is 22.5 Å². The van der Waals surface area contributed by atoms with E-state index in [1.807, 2.05) is 6.92 Å². The first-order valence-corrected chi connectivity index (χ1v) is 9.12. The van der Waals surface area contributed by atoms with Crippen LogP contribution in [0.2, 0.25) is 0 Å². The number of hydrazone groups is 1. The van der Waals surface area contributed by atoms with Gasteiger partial charge in [0.2, 0.25) is 5.96 Å². The molecule has 1 heterocycles. The summed E-state index contributed by atoms with van der Waals surface area (Å²) in [6.07, 6.45) is 2.68. The normalized spacial score (nSPS) is 18.1. The molecule has 9 heteroatoms. The SMILES string of the molecule is CCN=C(NS(=O)(=O)c1ccc(F)c(OC)c1)N1CC(CC)C=N1. The van der Waals surface area contributed by atoms with E-state index < -0.39 is 15.8 Å². The first-order chi connectivity index (χ1) is 11.4. The minimum atomic E-state index is -3.94. The van der Waals surface area contributed by atoms with Crippen molar-refractivity contribution >= 4 is 22.2 Å². The van der Waals surface area contributed by atoms with E-state index in [0.717, 1.165) is 18.6 Å². The summed E-state index contributed by atoms with van der Waals surface area (Å²) in [5, 5.41) is 5.72. The number of sulfonamides is 1. The molecule has 1 aromatic rings. The lowest BCUT2D eigenvalue weighted by molar-refractivity contribution is 0.385. The number of ether oxygens (including phenoxy) is 1. The number of nitrogens with zero attached hydrogens (tertiary/aromatic N) is 3. The predicted molar refractivity (Wildman–Crippen MR) is 90.2 cm³/mol. The van der Waals surface area contributed by atoms with E-state index >= 15 is 0 Å². The summed E-state index contributed by atoms with van der Waals surface area (Å²) in [6, 6.07) is 3.35. The van der Waals surface area contributed by atoms with Gasteiger partial charge in [-0.15, -0.1) is 0 Å². The molecule has 2 rings (SSSR count). The number of rotatable bonds is 5. The van der Waals surface area contributed by atoms with E-state index in [0.29, 0.717) is 13.1 Å². The van der Waals surface area contributed by atoms with Crippen LogP contribution in [-0.4, -0.2) is 45.8 Å². The molecular weight excluding hydrogens is 335 g/mol. The van der Waals surface area contributed by atoms with Gasteiger partial charge in [-0.05, 0) is 25.5 Å². The highest BCUT2D eigenvalue weighted by Gasteiger charge is 2.25. The van der Waals surface area contributed by atoms with Gasteiger partial charge in [0.1, 0.15) is 0 Å². The Bertz CT molecular complexity index is 749. The minimum Gasteiger partial charge on any atom is -0.494 e. The van der Waals surface area contributed by atoms with Crippen LogP contribution < -0.4 is 9.46 Å². The maximum atomic E-state index is 13.5. The smallest absolute Gasteiger partial charge is 0.264 e. The van der Waals surface area contributed by atoms with Crippen molar-refractivity contribution in [2.24, 2.45) is 16.0 Å². The Morgan fingerprint density at radius 3 is 2.83 bits per heavy atom. The fraction of sp³-hybridized carbons (Fsp3) is 0.467. The van der Waals surface area contributed by atoms with Gasteiger partial charge in [0.25, 0.3) is 10.0 Å². The van der Waals surface area contributed by atoms with E-state index in [9.17, 15) is 12.8 Å². The molecular formula is C15H21FN4O3S. The van der Waals surface area contributed by atoms with Crippen molar-refractivity contribution in [3.05, 3.63) is 24.0 Å². The standard InChI is InChI=1S/C15H21FN4O3S/c1-4-11-9-18-20(10-11)15(17-5-2)19-24(21,22)12-6-7-13(16)14(8-12)23-3/h6-9,11H,4-5,10H2,1-3H3,(H,17,19). The van der Waals surface area contributed by atoms with Gasteiger partial charge in [0.05, 0.1) is 18.6 Å². The van der Waals surface area contributed by atoms with Crippen LogP contribution in [0, 0.1) is 11.7 Å². The number of aliphatic imine (C=N–C) groups is 1. The van der Waals surface area contributed by atoms with Crippen LogP contribution >= 0.6 is 0 Å². The summed E-state index contributed by atoms with van der Waals surface area (Å²) < 4.78 is 45.8. The molecule has 1 atom stereocenters. The predicted octanol–water partition coefficient (Wildman–Crippen LogP) is 1.82. The molecule has 24 heavy (non-hydrogen) atoms. The van der Waals surface area contributed by atoms with E-state index in [1.165, 1.54) is 18.2 Å². The fourth-order valence-electron chi connectivity index (χ4n) is 2.17. The van der Waals surface area contributed by atoms with Crippen molar-refractivity contribution in [3.63, 3.8) is 0 Å². The topological polar surface area (TPSA) is 83.4 Å². The summed E-state index contributed by atoms with van der Waals surface area (Å²) in [7, 11) is -2.66. The van der Waals surface area contributed by atoms with Gasteiger partial charge in [0.15, 0.2) is 11.6 Å². The lowest BCUT2D eigenvalue weighted by Crippen LogP contribution is -2.41. The third kappa shape index (κ3) is 4.02. The van der Waals surface area contributed by atoms with Crippen molar-refractivity contribution in [1.29, 1.82) is 0 Å². The molecule has 0 saturated heterocycles. The molecule has 1 aliphatic heterocycles. The zero-order valence-electron chi connectivity index (χ0n) is 13.9. The third-order valence-corrected chi connectivity index (χ3v) is 4.89. The van der Waals surface area contributed by atoms with Crippen molar-refractivity contribution in [2.45, 2.75) is 25.2 Å². The maximum absolute atomic E-state index is 13.5. The van der Waals surface area contributed by atoms with Crippen LogP contribution in [0.4, 0.5) is 4.39 Å². The van der Waals surface area contributed by atoms with Gasteiger partial charge >= 0.3 is 0 Å². The van der Waals surface area contributed by atoms with Gasteiger partial charge in [-0.2, -0.15) is 5.10 Å². The Kier molecular flexibility index (Phi) is 5.76. The number of hydrogen-bond donors (Lipinski definition) is 1. The first kappa shape index (κ1) is 18.2. The van der Waals surface area contributed by atoms with Gasteiger partial charge in [-0.3, -0.25) is 4.99 Å². The zero-order chi connectivity index (χ0) is 17.7. The van der Waals surface area contributed by atoms with Crippen LogP contribution in [0.5, 0.6) is 5.75 Å². The lowest BCUT2D eigenvalue weighted by atomic mass is 10.1.